The quantitative estimate of drug-likeness (QED) is 0.191. The zero-order valence-electron chi connectivity index (χ0n) is 22.2. The number of fused-ring (bicyclic) bond motifs is 14. The Hall–Kier alpha value is -4.44. The van der Waals surface area contributed by atoms with Crippen LogP contribution in [0.15, 0.2) is 126 Å². The largest absolute Gasteiger partial charge is 0.354 e. The molecule has 0 unspecified atom stereocenters. The van der Waals surface area contributed by atoms with Crippen molar-refractivity contribution < 1.29 is 4.79 Å². The number of rotatable bonds is 2. The average molecular weight is 623 g/mol. The molecule has 9 rings (SSSR count). The van der Waals surface area contributed by atoms with Crippen LogP contribution in [0.3, 0.4) is 0 Å². The summed E-state index contributed by atoms with van der Waals surface area (Å²) in [4.78, 5) is 15.6. The molecule has 7 aromatic rings. The van der Waals surface area contributed by atoms with Crippen LogP contribution in [0.25, 0.3) is 55.2 Å². The summed E-state index contributed by atoms with van der Waals surface area (Å²) in [6, 6.07) is 43.5. The molecule has 42 heavy (non-hydrogen) atoms. The molecule has 2 aliphatic rings. The predicted molar refractivity (Wildman–Crippen MR) is 175 cm³/mol. The van der Waals surface area contributed by atoms with Crippen LogP contribution in [0.1, 0.15) is 32.6 Å². The molecule has 1 N–H and O–H groups in total. The maximum atomic E-state index is 11.7. The summed E-state index contributed by atoms with van der Waals surface area (Å²) in [5.74, 6) is 0. The van der Waals surface area contributed by atoms with Crippen molar-refractivity contribution in [1.29, 1.82) is 0 Å². The second kappa shape index (κ2) is 8.54. The molecule has 2 nitrogen and oxygen atoms in total. The van der Waals surface area contributed by atoms with Crippen molar-refractivity contribution in [2.45, 2.75) is 5.41 Å². The summed E-state index contributed by atoms with van der Waals surface area (Å²) in [6.45, 7) is 0. The summed E-state index contributed by atoms with van der Waals surface area (Å²) >= 11 is 9.26. The monoisotopic (exact) mass is 621 g/mol. The maximum Gasteiger partial charge on any atom is 0.253 e. The molecule has 0 radical (unpaired) electrons. The fourth-order valence-corrected chi connectivity index (χ4v) is 8.42. The van der Waals surface area contributed by atoms with Gasteiger partial charge in [0.05, 0.1) is 10.9 Å². The first-order chi connectivity index (χ1) is 20.6. The number of hydrogen-bond acceptors (Lipinski definition) is 1. The lowest BCUT2D eigenvalue weighted by atomic mass is 9.70. The van der Waals surface area contributed by atoms with Crippen molar-refractivity contribution in [2.24, 2.45) is 0 Å². The van der Waals surface area contributed by atoms with E-state index in [4.69, 9.17) is 11.6 Å². The molecule has 198 valence electrons. The highest BCUT2D eigenvalue weighted by Gasteiger charge is 2.52. The van der Waals surface area contributed by atoms with E-state index in [9.17, 15) is 4.79 Å². The van der Waals surface area contributed by atoms with E-state index in [0.29, 0.717) is 10.0 Å². The molecule has 0 bridgehead atoms. The molecular weight excluding hydrogens is 602 g/mol. The number of halogens is 2. The van der Waals surface area contributed by atoms with E-state index in [1.807, 2.05) is 12.1 Å². The molecule has 0 atom stereocenters. The predicted octanol–water partition coefficient (Wildman–Crippen LogP) is 10.5. The van der Waals surface area contributed by atoms with Gasteiger partial charge in [-0.3, -0.25) is 4.79 Å². The molecule has 0 saturated carbocycles. The van der Waals surface area contributed by atoms with Gasteiger partial charge in [-0.1, -0.05) is 97.1 Å². The Balaban J connectivity index is 1.33. The maximum absolute atomic E-state index is 11.7. The van der Waals surface area contributed by atoms with Crippen LogP contribution < -0.4 is 0 Å². The number of carbonyl (C=O) groups is 1. The normalized spacial score (nSPS) is 13.8. The van der Waals surface area contributed by atoms with Crippen molar-refractivity contribution in [3.63, 3.8) is 0 Å². The number of hydrogen-bond donors (Lipinski definition) is 1. The van der Waals surface area contributed by atoms with Gasteiger partial charge in [0, 0.05) is 31.9 Å². The topological polar surface area (TPSA) is 32.9 Å². The highest BCUT2D eigenvalue weighted by Crippen LogP contribution is 2.63. The minimum Gasteiger partial charge on any atom is -0.354 e. The van der Waals surface area contributed by atoms with Crippen molar-refractivity contribution in [2.75, 3.05) is 0 Å². The second-order valence-corrected chi connectivity index (χ2v) is 12.3. The van der Waals surface area contributed by atoms with Crippen LogP contribution in [0, 0.1) is 0 Å². The molecule has 1 aromatic heterocycles. The van der Waals surface area contributed by atoms with Crippen molar-refractivity contribution >= 4 is 54.6 Å². The first kappa shape index (κ1) is 24.2. The Morgan fingerprint density at radius 3 is 1.88 bits per heavy atom. The highest BCUT2D eigenvalue weighted by atomic mass is 79.9. The van der Waals surface area contributed by atoms with Crippen molar-refractivity contribution in [1.82, 2.24) is 4.98 Å². The molecule has 0 amide bonds. The van der Waals surface area contributed by atoms with E-state index < -0.39 is 5.24 Å². The van der Waals surface area contributed by atoms with Gasteiger partial charge in [-0.2, -0.15) is 0 Å². The summed E-state index contributed by atoms with van der Waals surface area (Å²) < 4.78 is 0.691. The average Bonchev–Trinajstić information content (AvgIpc) is 3.64. The number of H-pyrrole nitrogens is 1. The Bertz CT molecular complexity index is 2270. The van der Waals surface area contributed by atoms with E-state index in [2.05, 4.69) is 124 Å². The lowest BCUT2D eigenvalue weighted by Gasteiger charge is -2.30. The first-order valence-corrected chi connectivity index (χ1v) is 15.1. The summed E-state index contributed by atoms with van der Waals surface area (Å²) in [6.07, 6.45) is 0. The molecular formula is C38H21BrClNO. The molecule has 2 aliphatic carbocycles. The third kappa shape index (κ3) is 2.97. The number of carbonyl (C=O) groups excluding carboxylic acids is 1. The molecule has 0 aliphatic heterocycles. The lowest BCUT2D eigenvalue weighted by Crippen LogP contribution is -2.25. The van der Waals surface area contributed by atoms with Crippen LogP contribution in [0.4, 0.5) is 0 Å². The second-order valence-electron chi connectivity index (χ2n) is 11.2. The third-order valence-corrected chi connectivity index (χ3v) is 10.1. The van der Waals surface area contributed by atoms with E-state index in [0.717, 1.165) is 22.2 Å². The van der Waals surface area contributed by atoms with E-state index in [1.165, 1.54) is 55.3 Å². The van der Waals surface area contributed by atoms with Gasteiger partial charge in [0.2, 0.25) is 0 Å². The van der Waals surface area contributed by atoms with Crippen LogP contribution >= 0.6 is 27.5 Å². The molecule has 1 spiro atoms. The van der Waals surface area contributed by atoms with Crippen LogP contribution in [0.2, 0.25) is 0 Å². The van der Waals surface area contributed by atoms with Crippen molar-refractivity contribution in [3.05, 3.63) is 154 Å². The fraction of sp³-hybridized carbons (Fsp3) is 0.0263. The van der Waals surface area contributed by atoms with Gasteiger partial charge in [-0.25, -0.2) is 0 Å². The Morgan fingerprint density at radius 2 is 1.21 bits per heavy atom. The number of aromatic amines is 1. The first-order valence-electron chi connectivity index (χ1n) is 14.0. The van der Waals surface area contributed by atoms with Gasteiger partial charge in [0.15, 0.2) is 0 Å². The van der Waals surface area contributed by atoms with Crippen molar-refractivity contribution in [3.8, 4) is 33.4 Å². The summed E-state index contributed by atoms with van der Waals surface area (Å²) in [5.41, 5.74) is 15.0. The molecule has 1 heterocycles. The molecule has 0 saturated heterocycles. The number of benzene rings is 6. The van der Waals surface area contributed by atoms with Gasteiger partial charge in [0.25, 0.3) is 5.24 Å². The minimum absolute atomic E-state index is 0.358. The Kier molecular flexibility index (Phi) is 4.92. The lowest BCUT2D eigenvalue weighted by molar-refractivity contribution is 0.108. The zero-order valence-corrected chi connectivity index (χ0v) is 24.6. The number of nitrogens with one attached hydrogen (secondary N) is 1. The van der Waals surface area contributed by atoms with E-state index >= 15 is 0 Å². The van der Waals surface area contributed by atoms with Crippen LogP contribution in [-0.4, -0.2) is 10.2 Å². The van der Waals surface area contributed by atoms with Gasteiger partial charge >= 0.3 is 0 Å². The zero-order chi connectivity index (χ0) is 28.2. The van der Waals surface area contributed by atoms with Gasteiger partial charge in [-0.05, 0) is 102 Å². The number of aromatic nitrogens is 1. The van der Waals surface area contributed by atoms with E-state index in [-0.39, 0.29) is 5.41 Å². The molecule has 6 aromatic carbocycles. The van der Waals surface area contributed by atoms with Crippen LogP contribution in [-0.2, 0) is 5.41 Å². The Morgan fingerprint density at radius 1 is 0.619 bits per heavy atom. The Labute approximate surface area is 255 Å². The van der Waals surface area contributed by atoms with E-state index in [1.54, 1.807) is 6.07 Å². The van der Waals surface area contributed by atoms with Gasteiger partial charge < -0.3 is 4.98 Å². The summed E-state index contributed by atoms with van der Waals surface area (Å²) in [5, 5.41) is 1.90. The molecule has 0 fully saturated rings. The SMILES string of the molecule is O=C(Cl)c1ccc(-c2ccc3[nH]c4c5c(ccc4c3c2)C2(c3ccccc3-c3ccccc32)c2ccccc2-5)cc1Br. The summed E-state index contributed by atoms with van der Waals surface area (Å²) in [7, 11) is 0. The highest BCUT2D eigenvalue weighted by molar-refractivity contribution is 9.10. The van der Waals surface area contributed by atoms with Gasteiger partial charge in [0.1, 0.15) is 0 Å². The smallest absolute Gasteiger partial charge is 0.253 e. The molecule has 4 heteroatoms. The standard InChI is InChI=1S/C38H21BrClNO/c39-33-20-22(13-15-27(33)37(40)42)21-14-18-34-28(19-21)25-16-17-32-35(36(25)41-34)26-9-3-6-12-31(26)38(32)29-10-4-1-7-23(29)24-8-2-5-11-30(24)38/h1-20,41H. The minimum atomic E-state index is -0.472. The van der Waals surface area contributed by atoms with Gasteiger partial charge in [-0.15, -0.1) is 0 Å². The van der Waals surface area contributed by atoms with Crippen LogP contribution in [0.5, 0.6) is 0 Å². The fourth-order valence-electron chi connectivity index (χ4n) is 7.58. The third-order valence-electron chi connectivity index (χ3n) is 9.25.